The normalized spacial score (nSPS) is 21.3. The lowest BCUT2D eigenvalue weighted by Gasteiger charge is -2.45. The van der Waals surface area contributed by atoms with Crippen LogP contribution in [0.3, 0.4) is 0 Å². The van der Waals surface area contributed by atoms with Crippen molar-refractivity contribution in [3.8, 4) is 5.75 Å². The van der Waals surface area contributed by atoms with Gasteiger partial charge in [0.2, 0.25) is 11.8 Å². The van der Waals surface area contributed by atoms with Gasteiger partial charge < -0.3 is 9.47 Å². The molecule has 3 atom stereocenters. The molecule has 230 valence electrons. The topological polar surface area (TPSA) is 107 Å². The van der Waals surface area contributed by atoms with E-state index in [1.807, 2.05) is 48.5 Å². The highest BCUT2D eigenvalue weighted by atomic mass is 16.5. The molecule has 1 heterocycles. The number of carbonyl (C=O) groups excluding carboxylic acids is 5. The van der Waals surface area contributed by atoms with Crippen molar-refractivity contribution in [2.24, 2.45) is 17.8 Å². The third-order valence-electron chi connectivity index (χ3n) is 9.38. The predicted octanol–water partition coefficient (Wildman–Crippen LogP) is 5.55. The van der Waals surface area contributed by atoms with Crippen LogP contribution in [0, 0.1) is 17.8 Å². The average Bonchev–Trinajstić information content (AvgIpc) is 3.33. The van der Waals surface area contributed by atoms with E-state index in [9.17, 15) is 24.0 Å². The number of carbonyl (C=O) groups is 5. The van der Waals surface area contributed by atoms with Crippen LogP contribution in [0.2, 0.25) is 0 Å². The number of nitrogens with zero attached hydrogens (tertiary/aromatic N) is 1. The highest BCUT2D eigenvalue weighted by Gasteiger charge is 2.63. The number of benzene rings is 4. The van der Waals surface area contributed by atoms with Gasteiger partial charge in [-0.2, -0.15) is 0 Å². The third-order valence-corrected chi connectivity index (χ3v) is 9.38. The minimum atomic E-state index is -1.18. The van der Waals surface area contributed by atoms with Gasteiger partial charge in [-0.05, 0) is 64.6 Å². The van der Waals surface area contributed by atoms with Gasteiger partial charge >= 0.3 is 11.9 Å². The summed E-state index contributed by atoms with van der Waals surface area (Å²) in [6.07, 6.45) is 0. The second kappa shape index (κ2) is 11.5. The maximum Gasteiger partial charge on any atom is 0.343 e. The molecule has 46 heavy (non-hydrogen) atoms. The van der Waals surface area contributed by atoms with E-state index < -0.39 is 48.1 Å². The summed E-state index contributed by atoms with van der Waals surface area (Å²) in [5.41, 5.74) is 4.83. The van der Waals surface area contributed by atoms with E-state index in [4.69, 9.17) is 9.47 Å². The van der Waals surface area contributed by atoms with E-state index in [0.29, 0.717) is 5.56 Å². The Bertz CT molecular complexity index is 1770. The van der Waals surface area contributed by atoms with Crippen molar-refractivity contribution in [3.05, 3.63) is 137 Å². The SMILES string of the molecule is CC(C)[C@@H](C(=O)OCC(=O)c1ccc(OC(=O)c2ccccc2)cc1)N1C(=O)C2C3c4ccccc4C(c4ccccc43)C2C1=O. The van der Waals surface area contributed by atoms with Crippen molar-refractivity contribution < 1.29 is 33.4 Å². The molecule has 4 aromatic rings. The largest absolute Gasteiger partial charge is 0.456 e. The molecule has 0 spiro atoms. The molecule has 8 nitrogen and oxygen atoms in total. The van der Waals surface area contributed by atoms with E-state index in [-0.39, 0.29) is 35.0 Å². The molecule has 0 radical (unpaired) electrons. The lowest BCUT2D eigenvalue weighted by atomic mass is 9.55. The summed E-state index contributed by atoms with van der Waals surface area (Å²) >= 11 is 0. The molecule has 3 aliphatic carbocycles. The second-order valence-electron chi connectivity index (χ2n) is 12.3. The van der Waals surface area contributed by atoms with Crippen molar-refractivity contribution in [1.29, 1.82) is 0 Å². The number of rotatable bonds is 8. The number of Topliss-reactive ketones (excluding diaryl/α,β-unsaturated/α-hetero) is 1. The smallest absolute Gasteiger partial charge is 0.343 e. The van der Waals surface area contributed by atoms with Crippen LogP contribution in [0.4, 0.5) is 0 Å². The first-order valence-corrected chi connectivity index (χ1v) is 15.4. The minimum absolute atomic E-state index is 0.250. The number of hydrogen-bond donors (Lipinski definition) is 0. The van der Waals surface area contributed by atoms with Crippen LogP contribution in [0.25, 0.3) is 0 Å². The molecule has 1 saturated heterocycles. The molecule has 8 heteroatoms. The fourth-order valence-electron chi connectivity index (χ4n) is 7.40. The molecule has 4 aliphatic rings. The van der Waals surface area contributed by atoms with Crippen molar-refractivity contribution in [3.63, 3.8) is 0 Å². The number of likely N-dealkylation sites (tertiary alicyclic amines) is 1. The Hall–Kier alpha value is -5.37. The van der Waals surface area contributed by atoms with E-state index >= 15 is 0 Å². The maximum absolute atomic E-state index is 14.2. The van der Waals surface area contributed by atoms with Crippen LogP contribution in [-0.4, -0.2) is 47.1 Å². The van der Waals surface area contributed by atoms with Crippen LogP contribution in [0.15, 0.2) is 103 Å². The Morgan fingerprint density at radius 2 is 1.13 bits per heavy atom. The van der Waals surface area contributed by atoms with Gasteiger partial charge in [0, 0.05) is 17.4 Å². The number of amides is 2. The average molecular weight is 614 g/mol. The quantitative estimate of drug-likeness (QED) is 0.111. The van der Waals surface area contributed by atoms with Crippen LogP contribution in [-0.2, 0) is 19.1 Å². The summed E-state index contributed by atoms with van der Waals surface area (Å²) in [4.78, 5) is 68.3. The Kier molecular flexibility index (Phi) is 7.35. The van der Waals surface area contributed by atoms with E-state index in [1.165, 1.54) is 24.3 Å². The number of ether oxygens (including phenoxy) is 2. The fraction of sp³-hybridized carbons (Fsp3) is 0.237. The summed E-state index contributed by atoms with van der Waals surface area (Å²) in [7, 11) is 0. The summed E-state index contributed by atoms with van der Waals surface area (Å²) in [6, 6.07) is 29.2. The lowest BCUT2D eigenvalue weighted by molar-refractivity contribution is -0.160. The molecule has 1 fully saturated rings. The first kappa shape index (κ1) is 29.3. The van der Waals surface area contributed by atoms with Crippen LogP contribution < -0.4 is 4.74 Å². The predicted molar refractivity (Wildman–Crippen MR) is 167 cm³/mol. The van der Waals surface area contributed by atoms with Crippen molar-refractivity contribution in [2.75, 3.05) is 6.61 Å². The summed E-state index contributed by atoms with van der Waals surface area (Å²) in [5, 5.41) is 0. The number of ketones is 1. The van der Waals surface area contributed by atoms with Gasteiger partial charge in [-0.25, -0.2) is 9.59 Å². The summed E-state index contributed by atoms with van der Waals surface area (Å²) in [6.45, 7) is 2.93. The maximum atomic E-state index is 14.2. The Labute approximate surface area is 265 Å². The molecule has 1 aliphatic heterocycles. The molecule has 0 saturated carbocycles. The molecule has 2 bridgehead atoms. The summed E-state index contributed by atoms with van der Waals surface area (Å²) < 4.78 is 10.8. The van der Waals surface area contributed by atoms with Crippen molar-refractivity contribution >= 4 is 29.5 Å². The van der Waals surface area contributed by atoms with Crippen LogP contribution >= 0.6 is 0 Å². The highest BCUT2D eigenvalue weighted by molar-refractivity contribution is 6.10. The molecule has 2 amide bonds. The van der Waals surface area contributed by atoms with E-state index in [1.54, 1.807) is 44.2 Å². The third kappa shape index (κ3) is 4.72. The molecule has 0 N–H and O–H groups in total. The standard InChI is InChI=1S/C38H31NO7/c1-21(2)34(38(44)45-20-29(40)22-16-18-24(19-17-22)46-37(43)23-10-4-3-5-11-23)39-35(41)32-30-25-12-6-7-13-26(25)31(33(32)36(39)42)28-15-9-8-14-27(28)30/h3-19,21,30-34H,20H2,1-2H3/t30?,31?,32?,33?,34-/m0/s1. The number of esters is 2. The Balaban J connectivity index is 1.07. The van der Waals surface area contributed by atoms with Crippen LogP contribution in [0.1, 0.15) is 68.7 Å². The molecular weight excluding hydrogens is 582 g/mol. The zero-order valence-electron chi connectivity index (χ0n) is 25.3. The summed E-state index contributed by atoms with van der Waals surface area (Å²) in [5.74, 6) is -4.57. The van der Waals surface area contributed by atoms with Gasteiger partial charge in [0.05, 0.1) is 17.4 Å². The monoisotopic (exact) mass is 613 g/mol. The fourth-order valence-corrected chi connectivity index (χ4v) is 7.40. The second-order valence-corrected chi connectivity index (χ2v) is 12.3. The van der Waals surface area contributed by atoms with Gasteiger partial charge in [0.25, 0.3) is 0 Å². The first-order chi connectivity index (χ1) is 22.3. The first-order valence-electron chi connectivity index (χ1n) is 15.4. The number of imide groups is 1. The van der Waals surface area contributed by atoms with Crippen LogP contribution in [0.5, 0.6) is 5.75 Å². The minimum Gasteiger partial charge on any atom is -0.456 e. The van der Waals surface area contributed by atoms with Gasteiger partial charge in [-0.3, -0.25) is 19.3 Å². The molecule has 0 aromatic heterocycles. The molecule has 4 aromatic carbocycles. The van der Waals surface area contributed by atoms with Crippen molar-refractivity contribution in [1.82, 2.24) is 4.90 Å². The molecule has 2 unspecified atom stereocenters. The van der Waals surface area contributed by atoms with Crippen molar-refractivity contribution in [2.45, 2.75) is 31.7 Å². The number of hydrogen-bond acceptors (Lipinski definition) is 7. The lowest BCUT2D eigenvalue weighted by Crippen LogP contribution is -2.49. The van der Waals surface area contributed by atoms with Gasteiger partial charge in [0.1, 0.15) is 11.8 Å². The molecular formula is C38H31NO7. The van der Waals surface area contributed by atoms with E-state index in [0.717, 1.165) is 27.2 Å². The van der Waals surface area contributed by atoms with Gasteiger partial charge in [0.15, 0.2) is 12.4 Å². The van der Waals surface area contributed by atoms with Gasteiger partial charge in [-0.15, -0.1) is 0 Å². The molecule has 8 rings (SSSR count). The van der Waals surface area contributed by atoms with E-state index in [2.05, 4.69) is 0 Å². The van der Waals surface area contributed by atoms with Gasteiger partial charge in [-0.1, -0.05) is 80.6 Å². The Morgan fingerprint density at radius 1 is 0.652 bits per heavy atom. The Morgan fingerprint density at radius 3 is 1.61 bits per heavy atom. The zero-order valence-corrected chi connectivity index (χ0v) is 25.3. The zero-order chi connectivity index (χ0) is 32.1. The highest BCUT2D eigenvalue weighted by Crippen LogP contribution is 2.61.